The first-order valence-corrected chi connectivity index (χ1v) is 6.08. The molecule has 1 aromatic carbocycles. The van der Waals surface area contributed by atoms with Crippen LogP contribution in [0.25, 0.3) is 0 Å². The number of rotatable bonds is 4. The standard InChI is InChI=1S/C11H12BrFN2O2/c1-11(2-3-11)6-14-9-4-7(12)8(13)5-10(9)15(16)17/h4-5,14H,2-3,6H2,1H3. The van der Waals surface area contributed by atoms with Gasteiger partial charge in [-0.05, 0) is 40.3 Å². The van der Waals surface area contributed by atoms with Gasteiger partial charge in [-0.2, -0.15) is 0 Å². The number of hydrogen-bond donors (Lipinski definition) is 1. The molecule has 0 bridgehead atoms. The van der Waals surface area contributed by atoms with Gasteiger partial charge in [-0.3, -0.25) is 10.1 Å². The largest absolute Gasteiger partial charge is 0.379 e. The molecule has 0 spiro atoms. The molecule has 0 saturated heterocycles. The molecule has 0 radical (unpaired) electrons. The van der Waals surface area contributed by atoms with Crippen molar-refractivity contribution in [3.8, 4) is 0 Å². The lowest BCUT2D eigenvalue weighted by molar-refractivity contribution is -0.384. The second-order valence-electron chi connectivity index (χ2n) is 4.70. The number of benzene rings is 1. The van der Waals surface area contributed by atoms with Crippen molar-refractivity contribution in [1.82, 2.24) is 0 Å². The average molecular weight is 303 g/mol. The monoisotopic (exact) mass is 302 g/mol. The van der Waals surface area contributed by atoms with Gasteiger partial charge in [-0.15, -0.1) is 0 Å². The first-order chi connectivity index (χ1) is 7.91. The average Bonchev–Trinajstić information content (AvgIpc) is 2.98. The maximum atomic E-state index is 13.2. The van der Waals surface area contributed by atoms with Gasteiger partial charge in [0, 0.05) is 6.54 Å². The molecule has 1 N–H and O–H groups in total. The Morgan fingerprint density at radius 1 is 1.59 bits per heavy atom. The number of anilines is 1. The highest BCUT2D eigenvalue weighted by Gasteiger charge is 2.37. The molecule has 1 aliphatic carbocycles. The van der Waals surface area contributed by atoms with E-state index in [1.165, 1.54) is 6.07 Å². The number of nitrogens with one attached hydrogen (secondary N) is 1. The van der Waals surface area contributed by atoms with Crippen LogP contribution in [0.2, 0.25) is 0 Å². The Labute approximate surface area is 106 Å². The minimum atomic E-state index is -0.625. The van der Waals surface area contributed by atoms with Gasteiger partial charge in [0.2, 0.25) is 0 Å². The van der Waals surface area contributed by atoms with Gasteiger partial charge in [0.1, 0.15) is 11.5 Å². The van der Waals surface area contributed by atoms with E-state index in [0.717, 1.165) is 18.9 Å². The molecule has 0 heterocycles. The number of hydrogen-bond acceptors (Lipinski definition) is 3. The van der Waals surface area contributed by atoms with Gasteiger partial charge >= 0.3 is 0 Å². The highest BCUT2D eigenvalue weighted by Crippen LogP contribution is 2.45. The van der Waals surface area contributed by atoms with Crippen LogP contribution in [0.1, 0.15) is 19.8 Å². The molecule has 17 heavy (non-hydrogen) atoms. The molecule has 2 rings (SSSR count). The van der Waals surface area contributed by atoms with Crippen LogP contribution in [0.5, 0.6) is 0 Å². The van der Waals surface area contributed by atoms with Crippen LogP contribution in [-0.4, -0.2) is 11.5 Å². The Hall–Kier alpha value is -1.17. The molecule has 0 aliphatic heterocycles. The van der Waals surface area contributed by atoms with E-state index < -0.39 is 10.7 Å². The van der Waals surface area contributed by atoms with Crippen molar-refractivity contribution >= 4 is 27.3 Å². The summed E-state index contributed by atoms with van der Waals surface area (Å²) in [6.07, 6.45) is 2.24. The summed E-state index contributed by atoms with van der Waals surface area (Å²) in [4.78, 5) is 10.2. The van der Waals surface area contributed by atoms with Crippen molar-refractivity contribution in [3.05, 3.63) is 32.5 Å². The summed E-state index contributed by atoms with van der Waals surface area (Å²) in [5.74, 6) is -0.625. The van der Waals surface area contributed by atoms with Crippen molar-refractivity contribution in [2.75, 3.05) is 11.9 Å². The molecule has 0 unspecified atom stereocenters. The molecule has 0 aromatic heterocycles. The Bertz CT molecular complexity index is 475. The Kier molecular flexibility index (Phi) is 3.07. The van der Waals surface area contributed by atoms with Crippen LogP contribution in [-0.2, 0) is 0 Å². The number of nitro groups is 1. The zero-order valence-electron chi connectivity index (χ0n) is 9.30. The third kappa shape index (κ3) is 2.74. The molecule has 6 heteroatoms. The van der Waals surface area contributed by atoms with Crippen molar-refractivity contribution < 1.29 is 9.31 Å². The highest BCUT2D eigenvalue weighted by atomic mass is 79.9. The van der Waals surface area contributed by atoms with Crippen LogP contribution in [0.3, 0.4) is 0 Å². The fourth-order valence-electron chi connectivity index (χ4n) is 1.53. The predicted octanol–water partition coefficient (Wildman–Crippen LogP) is 3.71. The van der Waals surface area contributed by atoms with Gasteiger partial charge in [0.25, 0.3) is 5.69 Å². The minimum Gasteiger partial charge on any atom is -0.379 e. The molecule has 1 aliphatic rings. The molecule has 1 aromatic rings. The molecule has 0 amide bonds. The zero-order chi connectivity index (χ0) is 12.6. The van der Waals surface area contributed by atoms with Gasteiger partial charge < -0.3 is 5.32 Å². The lowest BCUT2D eigenvalue weighted by atomic mass is 10.1. The Morgan fingerprint density at radius 2 is 2.24 bits per heavy atom. The molecule has 1 fully saturated rings. The summed E-state index contributed by atoms with van der Waals surface area (Å²) < 4.78 is 13.5. The molecule has 0 atom stereocenters. The van der Waals surface area contributed by atoms with E-state index in [2.05, 4.69) is 28.2 Å². The second-order valence-corrected chi connectivity index (χ2v) is 5.56. The van der Waals surface area contributed by atoms with E-state index >= 15 is 0 Å². The molecule has 4 nitrogen and oxygen atoms in total. The van der Waals surface area contributed by atoms with E-state index in [9.17, 15) is 14.5 Å². The fourth-order valence-corrected chi connectivity index (χ4v) is 1.87. The van der Waals surface area contributed by atoms with Crippen LogP contribution < -0.4 is 5.32 Å². The fraction of sp³-hybridized carbons (Fsp3) is 0.455. The third-order valence-electron chi connectivity index (χ3n) is 3.04. The molecule has 1 saturated carbocycles. The smallest absolute Gasteiger partial charge is 0.295 e. The van der Waals surface area contributed by atoms with E-state index in [1.54, 1.807) is 0 Å². The summed E-state index contributed by atoms with van der Waals surface area (Å²) in [5.41, 5.74) is 0.362. The van der Waals surface area contributed by atoms with Crippen LogP contribution in [0, 0.1) is 21.3 Å². The lowest BCUT2D eigenvalue weighted by Gasteiger charge is -2.12. The summed E-state index contributed by atoms with van der Waals surface area (Å²) in [6.45, 7) is 2.79. The van der Waals surface area contributed by atoms with Gasteiger partial charge in [-0.1, -0.05) is 6.92 Å². The first-order valence-electron chi connectivity index (χ1n) is 5.29. The SMILES string of the molecule is CC1(CNc2cc(Br)c(F)cc2[N+](=O)[O-])CC1. The maximum Gasteiger partial charge on any atom is 0.295 e. The highest BCUT2D eigenvalue weighted by molar-refractivity contribution is 9.10. The summed E-state index contributed by atoms with van der Waals surface area (Å²) in [5, 5.41) is 13.8. The van der Waals surface area contributed by atoms with Crippen molar-refractivity contribution in [2.45, 2.75) is 19.8 Å². The summed E-state index contributed by atoms with van der Waals surface area (Å²) >= 11 is 3.03. The quantitative estimate of drug-likeness (QED) is 0.681. The van der Waals surface area contributed by atoms with E-state index in [1.807, 2.05) is 0 Å². The van der Waals surface area contributed by atoms with E-state index in [0.29, 0.717) is 12.2 Å². The zero-order valence-corrected chi connectivity index (χ0v) is 10.9. The van der Waals surface area contributed by atoms with Gasteiger partial charge in [0.15, 0.2) is 0 Å². The Balaban J connectivity index is 2.24. The first kappa shape index (κ1) is 12.3. The van der Waals surface area contributed by atoms with E-state index in [-0.39, 0.29) is 15.6 Å². The van der Waals surface area contributed by atoms with Crippen LogP contribution in [0.15, 0.2) is 16.6 Å². The number of nitrogens with zero attached hydrogens (tertiary/aromatic N) is 1. The molecular formula is C11H12BrFN2O2. The minimum absolute atomic E-state index is 0.227. The van der Waals surface area contributed by atoms with E-state index in [4.69, 9.17) is 0 Å². The van der Waals surface area contributed by atoms with Crippen LogP contribution in [0.4, 0.5) is 15.8 Å². The number of nitro benzene ring substituents is 1. The number of halogens is 2. The maximum absolute atomic E-state index is 13.2. The Morgan fingerprint density at radius 3 is 2.76 bits per heavy atom. The molecular weight excluding hydrogens is 291 g/mol. The summed E-state index contributed by atoms with van der Waals surface area (Å²) in [6, 6.07) is 2.35. The van der Waals surface area contributed by atoms with Crippen LogP contribution >= 0.6 is 15.9 Å². The van der Waals surface area contributed by atoms with Crippen molar-refractivity contribution in [2.24, 2.45) is 5.41 Å². The topological polar surface area (TPSA) is 55.2 Å². The van der Waals surface area contributed by atoms with Crippen molar-refractivity contribution in [3.63, 3.8) is 0 Å². The second kappa shape index (κ2) is 4.25. The third-order valence-corrected chi connectivity index (χ3v) is 3.65. The summed E-state index contributed by atoms with van der Waals surface area (Å²) in [7, 11) is 0. The lowest BCUT2D eigenvalue weighted by Crippen LogP contribution is -2.13. The van der Waals surface area contributed by atoms with Gasteiger partial charge in [-0.25, -0.2) is 4.39 Å². The van der Waals surface area contributed by atoms with Crippen molar-refractivity contribution in [1.29, 1.82) is 0 Å². The van der Waals surface area contributed by atoms with Gasteiger partial charge in [0.05, 0.1) is 15.5 Å². The molecule has 92 valence electrons. The predicted molar refractivity (Wildman–Crippen MR) is 66.6 cm³/mol. The normalized spacial score (nSPS) is 16.6.